The third kappa shape index (κ3) is 2.50. The largest absolute Gasteiger partial charge is 0.366 e. The van der Waals surface area contributed by atoms with Gasteiger partial charge in [0.2, 0.25) is 5.91 Å². The number of nitrogens with zero attached hydrogens (tertiary/aromatic N) is 1. The maximum absolute atomic E-state index is 12.0. The minimum Gasteiger partial charge on any atom is -0.366 e. The van der Waals surface area contributed by atoms with Crippen molar-refractivity contribution in [1.29, 1.82) is 0 Å². The number of benzene rings is 1. The maximum Gasteiger partial charge on any atom is 0.255 e. The maximum atomic E-state index is 12.0. The van der Waals surface area contributed by atoms with Crippen molar-refractivity contribution in [3.05, 3.63) is 62.0 Å². The average molecular weight is 297 g/mol. The third-order valence-corrected chi connectivity index (χ3v) is 3.31. The molecule has 1 aromatic carbocycles. The Morgan fingerprint density at radius 3 is 2.53 bits per heavy atom. The minimum absolute atomic E-state index is 0.260. The van der Waals surface area contributed by atoms with Gasteiger partial charge in [-0.25, -0.2) is 0 Å². The van der Waals surface area contributed by atoms with Crippen LogP contribution in [-0.4, -0.2) is 10.5 Å². The summed E-state index contributed by atoms with van der Waals surface area (Å²) in [4.78, 5) is 23.3. The Bertz CT molecular complexity index is 723. The summed E-state index contributed by atoms with van der Waals surface area (Å²) in [5.74, 6) is -0.607. The Balaban J connectivity index is 2.82. The van der Waals surface area contributed by atoms with Gasteiger partial charge in [0.1, 0.15) is 0 Å². The van der Waals surface area contributed by atoms with Crippen LogP contribution in [0, 0.1) is 6.92 Å². The van der Waals surface area contributed by atoms with Gasteiger partial charge < -0.3 is 5.73 Å². The van der Waals surface area contributed by atoms with Crippen molar-refractivity contribution in [3.8, 4) is 5.69 Å². The number of rotatable bonds is 2. The van der Waals surface area contributed by atoms with E-state index < -0.39 is 5.91 Å². The van der Waals surface area contributed by atoms with Crippen LogP contribution in [0.1, 0.15) is 16.1 Å². The molecular weight excluding hydrogens is 287 g/mol. The predicted molar refractivity (Wildman–Crippen MR) is 75.3 cm³/mol. The first kappa shape index (κ1) is 13.6. The Morgan fingerprint density at radius 2 is 1.89 bits per heavy atom. The van der Waals surface area contributed by atoms with E-state index in [0.29, 0.717) is 21.4 Å². The summed E-state index contributed by atoms with van der Waals surface area (Å²) in [5.41, 5.74) is 6.05. The van der Waals surface area contributed by atoms with Crippen molar-refractivity contribution < 1.29 is 4.79 Å². The molecule has 0 fully saturated rings. The van der Waals surface area contributed by atoms with Crippen LogP contribution in [0.4, 0.5) is 0 Å². The number of aromatic nitrogens is 1. The van der Waals surface area contributed by atoms with Crippen LogP contribution in [-0.2, 0) is 0 Å². The van der Waals surface area contributed by atoms with Crippen molar-refractivity contribution in [2.75, 3.05) is 0 Å². The van der Waals surface area contributed by atoms with Crippen LogP contribution in [0.25, 0.3) is 5.69 Å². The molecule has 2 N–H and O–H groups in total. The number of halogens is 2. The molecule has 2 rings (SSSR count). The molecule has 0 bridgehead atoms. The molecule has 1 amide bonds. The Hall–Kier alpha value is -1.78. The van der Waals surface area contributed by atoms with Crippen molar-refractivity contribution in [1.82, 2.24) is 4.57 Å². The fourth-order valence-electron chi connectivity index (χ4n) is 1.85. The van der Waals surface area contributed by atoms with Crippen LogP contribution in [0.3, 0.4) is 0 Å². The second-order valence-electron chi connectivity index (χ2n) is 3.97. The van der Waals surface area contributed by atoms with Gasteiger partial charge in [0, 0.05) is 16.8 Å². The van der Waals surface area contributed by atoms with Gasteiger partial charge in [-0.05, 0) is 31.2 Å². The summed E-state index contributed by atoms with van der Waals surface area (Å²) in [5, 5.41) is 0.798. The van der Waals surface area contributed by atoms with Crippen molar-refractivity contribution in [2.24, 2.45) is 5.73 Å². The van der Waals surface area contributed by atoms with Gasteiger partial charge in [-0.2, -0.15) is 0 Å². The zero-order valence-electron chi connectivity index (χ0n) is 9.98. The molecule has 98 valence electrons. The molecule has 2 aromatic rings. The fourth-order valence-corrected chi connectivity index (χ4v) is 2.22. The van der Waals surface area contributed by atoms with Gasteiger partial charge >= 0.3 is 0 Å². The molecule has 0 aliphatic rings. The summed E-state index contributed by atoms with van der Waals surface area (Å²) in [6, 6.07) is 7.43. The van der Waals surface area contributed by atoms with E-state index in [1.165, 1.54) is 16.7 Å². The van der Waals surface area contributed by atoms with Gasteiger partial charge in [0.15, 0.2) is 0 Å². The molecule has 0 unspecified atom stereocenters. The van der Waals surface area contributed by atoms with Crippen molar-refractivity contribution in [2.45, 2.75) is 6.92 Å². The highest BCUT2D eigenvalue weighted by molar-refractivity contribution is 6.34. The highest BCUT2D eigenvalue weighted by Crippen LogP contribution is 2.24. The Labute approximate surface area is 119 Å². The van der Waals surface area contributed by atoms with Gasteiger partial charge in [-0.3, -0.25) is 14.2 Å². The van der Waals surface area contributed by atoms with E-state index in [0.717, 1.165) is 0 Å². The second kappa shape index (κ2) is 5.07. The van der Waals surface area contributed by atoms with E-state index in [-0.39, 0.29) is 11.1 Å². The SMILES string of the molecule is Cc1c(C(N)=O)ccc(=O)n1-c1cc(Cl)ccc1Cl. The molecular formula is C13H10Cl2N2O2. The molecule has 0 spiro atoms. The molecule has 1 heterocycles. The lowest BCUT2D eigenvalue weighted by molar-refractivity contribution is 0.0999. The van der Waals surface area contributed by atoms with Crippen LogP contribution in [0.5, 0.6) is 0 Å². The molecule has 6 heteroatoms. The number of nitrogens with two attached hydrogens (primary N) is 1. The van der Waals surface area contributed by atoms with E-state index in [1.807, 2.05) is 0 Å². The molecule has 4 nitrogen and oxygen atoms in total. The lowest BCUT2D eigenvalue weighted by Crippen LogP contribution is -2.24. The van der Waals surface area contributed by atoms with Crippen LogP contribution in [0.15, 0.2) is 35.1 Å². The Morgan fingerprint density at radius 1 is 1.21 bits per heavy atom. The minimum atomic E-state index is -0.607. The lowest BCUT2D eigenvalue weighted by Gasteiger charge is -2.14. The zero-order valence-corrected chi connectivity index (χ0v) is 11.5. The molecule has 0 aliphatic carbocycles. The standard InChI is InChI=1S/C13H10Cl2N2O2/c1-7-9(13(16)19)3-5-12(18)17(7)11-6-8(14)2-4-10(11)15/h2-6H,1H3,(H2,16,19). The predicted octanol–water partition coefficient (Wildman–Crippen LogP) is 2.55. The summed E-state index contributed by atoms with van der Waals surface area (Å²) >= 11 is 12.0. The summed E-state index contributed by atoms with van der Waals surface area (Å²) in [6.45, 7) is 1.62. The number of pyridine rings is 1. The van der Waals surface area contributed by atoms with E-state index in [2.05, 4.69) is 0 Å². The number of carbonyl (C=O) groups is 1. The number of carbonyl (C=O) groups excluding carboxylic acids is 1. The van der Waals surface area contributed by atoms with Crippen LogP contribution >= 0.6 is 23.2 Å². The first-order chi connectivity index (χ1) is 8.91. The first-order valence-corrected chi connectivity index (χ1v) is 6.15. The molecule has 0 saturated carbocycles. The number of hydrogen-bond acceptors (Lipinski definition) is 2. The monoisotopic (exact) mass is 296 g/mol. The van der Waals surface area contributed by atoms with E-state index >= 15 is 0 Å². The summed E-state index contributed by atoms with van der Waals surface area (Å²) < 4.78 is 1.31. The number of hydrogen-bond donors (Lipinski definition) is 1. The zero-order chi connectivity index (χ0) is 14.2. The third-order valence-electron chi connectivity index (χ3n) is 2.75. The first-order valence-electron chi connectivity index (χ1n) is 5.39. The molecule has 0 radical (unpaired) electrons. The molecule has 0 aliphatic heterocycles. The lowest BCUT2D eigenvalue weighted by atomic mass is 10.1. The molecule has 19 heavy (non-hydrogen) atoms. The quantitative estimate of drug-likeness (QED) is 0.925. The molecule has 0 atom stereocenters. The topological polar surface area (TPSA) is 65.1 Å². The van der Waals surface area contributed by atoms with Gasteiger partial charge in [0.05, 0.1) is 16.3 Å². The second-order valence-corrected chi connectivity index (χ2v) is 4.81. The normalized spacial score (nSPS) is 10.5. The number of primary amides is 1. The smallest absolute Gasteiger partial charge is 0.255 e. The highest BCUT2D eigenvalue weighted by Gasteiger charge is 2.14. The summed E-state index contributed by atoms with van der Waals surface area (Å²) in [7, 11) is 0. The fraction of sp³-hybridized carbons (Fsp3) is 0.0769. The van der Waals surface area contributed by atoms with Gasteiger partial charge in [-0.15, -0.1) is 0 Å². The van der Waals surface area contributed by atoms with E-state index in [1.54, 1.807) is 25.1 Å². The van der Waals surface area contributed by atoms with Crippen molar-refractivity contribution in [3.63, 3.8) is 0 Å². The summed E-state index contributed by atoms with van der Waals surface area (Å²) in [6.07, 6.45) is 0. The van der Waals surface area contributed by atoms with E-state index in [9.17, 15) is 9.59 Å². The Kier molecular flexibility index (Phi) is 3.64. The highest BCUT2D eigenvalue weighted by atomic mass is 35.5. The van der Waals surface area contributed by atoms with E-state index in [4.69, 9.17) is 28.9 Å². The van der Waals surface area contributed by atoms with Crippen molar-refractivity contribution >= 4 is 29.1 Å². The van der Waals surface area contributed by atoms with Crippen LogP contribution in [0.2, 0.25) is 10.0 Å². The average Bonchev–Trinajstić information content (AvgIpc) is 2.33. The molecule has 1 aromatic heterocycles. The van der Waals surface area contributed by atoms with Gasteiger partial charge in [-0.1, -0.05) is 23.2 Å². The number of amides is 1. The molecule has 0 saturated heterocycles. The van der Waals surface area contributed by atoms with Gasteiger partial charge in [0.25, 0.3) is 5.56 Å². The van der Waals surface area contributed by atoms with Crippen LogP contribution < -0.4 is 11.3 Å².